The summed E-state index contributed by atoms with van der Waals surface area (Å²) in [5.74, 6) is 2.67. The van der Waals surface area contributed by atoms with Crippen LogP contribution in [0.5, 0.6) is 0 Å². The molecule has 3 aliphatic rings. The third-order valence-corrected chi connectivity index (χ3v) is 7.35. The molecule has 1 aliphatic heterocycles. The van der Waals surface area contributed by atoms with E-state index in [1.54, 1.807) is 0 Å². The molecule has 0 bridgehead atoms. The molecule has 0 radical (unpaired) electrons. The van der Waals surface area contributed by atoms with E-state index >= 15 is 0 Å². The zero-order valence-electron chi connectivity index (χ0n) is 14.3. The molecule has 23 heavy (non-hydrogen) atoms. The van der Waals surface area contributed by atoms with Crippen LogP contribution in [0, 0.1) is 11.8 Å². The molecule has 132 valence electrons. The van der Waals surface area contributed by atoms with Gasteiger partial charge in [0.1, 0.15) is 0 Å². The van der Waals surface area contributed by atoms with Crippen molar-refractivity contribution in [2.24, 2.45) is 16.8 Å². The smallest absolute Gasteiger partial charge is 0.191 e. The number of nitrogens with one attached hydrogen (secondary N) is 2. The summed E-state index contributed by atoms with van der Waals surface area (Å²) in [6, 6.07) is 1.09. The van der Waals surface area contributed by atoms with Crippen LogP contribution in [-0.4, -0.2) is 44.5 Å². The van der Waals surface area contributed by atoms with Crippen LogP contribution in [0.25, 0.3) is 0 Å². The maximum absolute atomic E-state index is 11.6. The normalized spacial score (nSPS) is 34.3. The fourth-order valence-corrected chi connectivity index (χ4v) is 5.55. The van der Waals surface area contributed by atoms with Crippen molar-refractivity contribution in [1.29, 1.82) is 0 Å². The monoisotopic (exact) mass is 341 g/mol. The molecule has 2 saturated carbocycles. The Kier molecular flexibility index (Phi) is 5.49. The lowest BCUT2D eigenvalue weighted by Crippen LogP contribution is -2.45. The van der Waals surface area contributed by atoms with Gasteiger partial charge in [-0.05, 0) is 56.8 Å². The van der Waals surface area contributed by atoms with Gasteiger partial charge < -0.3 is 10.6 Å². The highest BCUT2D eigenvalue weighted by atomic mass is 32.2. The third kappa shape index (κ3) is 5.37. The largest absolute Gasteiger partial charge is 0.354 e. The fourth-order valence-electron chi connectivity index (χ4n) is 3.70. The summed E-state index contributed by atoms with van der Waals surface area (Å²) in [7, 11) is -2.80. The van der Waals surface area contributed by atoms with Gasteiger partial charge in [-0.1, -0.05) is 13.3 Å². The molecule has 1 atom stereocenters. The molecule has 6 heteroatoms. The Morgan fingerprint density at radius 1 is 0.957 bits per heavy atom. The number of sulfone groups is 1. The van der Waals surface area contributed by atoms with Gasteiger partial charge in [-0.2, -0.15) is 0 Å². The maximum atomic E-state index is 11.6. The molecular weight excluding hydrogens is 310 g/mol. The van der Waals surface area contributed by atoms with Gasteiger partial charge in [0.2, 0.25) is 0 Å². The van der Waals surface area contributed by atoms with Gasteiger partial charge in [-0.15, -0.1) is 0 Å². The Bertz CT molecular complexity index is 520. The Balaban J connectivity index is 1.51. The van der Waals surface area contributed by atoms with Crippen LogP contribution >= 0.6 is 0 Å². The number of hydrogen-bond acceptors (Lipinski definition) is 3. The number of rotatable bonds is 5. The predicted octanol–water partition coefficient (Wildman–Crippen LogP) is 2.09. The van der Waals surface area contributed by atoms with E-state index < -0.39 is 9.84 Å². The lowest BCUT2D eigenvalue weighted by molar-refractivity contribution is 0.304. The van der Waals surface area contributed by atoms with E-state index in [1.165, 1.54) is 44.9 Å². The van der Waals surface area contributed by atoms with E-state index in [2.05, 4.69) is 17.6 Å². The molecule has 5 nitrogen and oxygen atoms in total. The third-order valence-electron chi connectivity index (χ3n) is 5.52. The van der Waals surface area contributed by atoms with Gasteiger partial charge in [-0.25, -0.2) is 8.42 Å². The van der Waals surface area contributed by atoms with E-state index in [-0.39, 0.29) is 5.92 Å². The van der Waals surface area contributed by atoms with Crippen molar-refractivity contribution >= 4 is 15.8 Å². The fraction of sp³-hybridized carbons (Fsp3) is 0.941. The van der Waals surface area contributed by atoms with Gasteiger partial charge in [0, 0.05) is 18.6 Å². The Morgan fingerprint density at radius 2 is 1.57 bits per heavy atom. The van der Waals surface area contributed by atoms with E-state index in [1.807, 2.05) is 0 Å². The van der Waals surface area contributed by atoms with E-state index in [0.717, 1.165) is 18.3 Å². The van der Waals surface area contributed by atoms with Gasteiger partial charge in [0.15, 0.2) is 15.8 Å². The lowest BCUT2D eigenvalue weighted by Gasteiger charge is -2.29. The number of aliphatic imine (C=N–C) groups is 1. The molecule has 0 aromatic carbocycles. The van der Waals surface area contributed by atoms with Gasteiger partial charge in [-0.3, -0.25) is 4.99 Å². The molecule has 1 saturated heterocycles. The Labute approximate surface area is 140 Å². The quantitative estimate of drug-likeness (QED) is 0.593. The van der Waals surface area contributed by atoms with Crippen molar-refractivity contribution in [2.75, 3.05) is 18.1 Å². The summed E-state index contributed by atoms with van der Waals surface area (Å²) >= 11 is 0. The summed E-state index contributed by atoms with van der Waals surface area (Å²) in [4.78, 5) is 4.71. The Hall–Kier alpha value is -0.780. The minimum absolute atomic E-state index is 0.202. The lowest BCUT2D eigenvalue weighted by atomic mass is 9.84. The van der Waals surface area contributed by atoms with E-state index in [4.69, 9.17) is 4.99 Å². The minimum atomic E-state index is -2.80. The van der Waals surface area contributed by atoms with Crippen molar-refractivity contribution in [3.63, 3.8) is 0 Å². The number of nitrogens with zero attached hydrogens (tertiary/aromatic N) is 1. The minimum Gasteiger partial charge on any atom is -0.354 e. The summed E-state index contributed by atoms with van der Waals surface area (Å²) < 4.78 is 23.1. The second-order valence-corrected chi connectivity index (χ2v) is 9.88. The van der Waals surface area contributed by atoms with Crippen LogP contribution < -0.4 is 10.6 Å². The van der Waals surface area contributed by atoms with Crippen molar-refractivity contribution < 1.29 is 8.42 Å². The van der Waals surface area contributed by atoms with Gasteiger partial charge >= 0.3 is 0 Å². The van der Waals surface area contributed by atoms with Crippen LogP contribution in [0.2, 0.25) is 0 Å². The molecule has 0 amide bonds. The Morgan fingerprint density at radius 3 is 2.04 bits per heavy atom. The molecule has 3 rings (SSSR count). The van der Waals surface area contributed by atoms with E-state index in [0.29, 0.717) is 30.1 Å². The van der Waals surface area contributed by atoms with Crippen molar-refractivity contribution in [1.82, 2.24) is 10.6 Å². The highest BCUT2D eigenvalue weighted by molar-refractivity contribution is 7.91. The van der Waals surface area contributed by atoms with Gasteiger partial charge in [0.25, 0.3) is 0 Å². The van der Waals surface area contributed by atoms with Crippen LogP contribution in [0.3, 0.4) is 0 Å². The topological polar surface area (TPSA) is 70.6 Å². The number of guanidine groups is 1. The second-order valence-electron chi connectivity index (χ2n) is 7.65. The first-order chi connectivity index (χ1) is 11.0. The molecule has 1 heterocycles. The zero-order chi connectivity index (χ0) is 16.3. The maximum Gasteiger partial charge on any atom is 0.191 e. The van der Waals surface area contributed by atoms with Crippen LogP contribution in [-0.2, 0) is 9.84 Å². The number of hydrogen-bond donors (Lipinski definition) is 2. The molecule has 3 fully saturated rings. The van der Waals surface area contributed by atoms with Crippen molar-refractivity contribution in [2.45, 2.75) is 70.4 Å². The first kappa shape index (κ1) is 17.1. The second kappa shape index (κ2) is 7.41. The average Bonchev–Trinajstić information content (AvgIpc) is 3.27. The SMILES string of the molecule is CCC1CCC(NC(=NCC2CCS(=O)(=O)C2)NC2CC2)CC1. The van der Waals surface area contributed by atoms with Crippen molar-refractivity contribution in [3.05, 3.63) is 0 Å². The standard InChI is InChI=1S/C17H31N3O2S/c1-2-13-3-5-15(6-4-13)19-17(20-16-7-8-16)18-11-14-9-10-23(21,22)12-14/h13-16H,2-12H2,1H3,(H2,18,19,20). The van der Waals surface area contributed by atoms with Crippen LogP contribution in [0.4, 0.5) is 0 Å². The molecule has 0 aromatic rings. The molecule has 2 aliphatic carbocycles. The first-order valence-electron chi connectivity index (χ1n) is 9.32. The summed E-state index contributed by atoms with van der Waals surface area (Å²) in [5.41, 5.74) is 0. The zero-order valence-corrected chi connectivity index (χ0v) is 15.1. The molecular formula is C17H31N3O2S. The highest BCUT2D eigenvalue weighted by Crippen LogP contribution is 2.27. The predicted molar refractivity (Wildman–Crippen MR) is 94.4 cm³/mol. The summed E-state index contributed by atoms with van der Waals surface area (Å²) in [5, 5.41) is 7.10. The first-order valence-corrected chi connectivity index (χ1v) is 11.1. The van der Waals surface area contributed by atoms with Crippen LogP contribution in [0.1, 0.15) is 58.3 Å². The molecule has 0 spiro atoms. The van der Waals surface area contributed by atoms with Gasteiger partial charge in [0.05, 0.1) is 11.5 Å². The van der Waals surface area contributed by atoms with Crippen molar-refractivity contribution in [3.8, 4) is 0 Å². The molecule has 2 N–H and O–H groups in total. The highest BCUT2D eigenvalue weighted by Gasteiger charge is 2.29. The van der Waals surface area contributed by atoms with E-state index in [9.17, 15) is 8.42 Å². The average molecular weight is 342 g/mol. The summed E-state index contributed by atoms with van der Waals surface area (Å²) in [6.07, 6.45) is 9.58. The van der Waals surface area contributed by atoms with Crippen LogP contribution in [0.15, 0.2) is 4.99 Å². The molecule has 1 unspecified atom stereocenters. The molecule has 0 aromatic heterocycles. The summed E-state index contributed by atoms with van der Waals surface area (Å²) in [6.45, 7) is 2.92.